The molecule has 3 N–H and O–H groups in total. The monoisotopic (exact) mass is 247 g/mol. The van der Waals surface area contributed by atoms with Gasteiger partial charge in [-0.25, -0.2) is 0 Å². The summed E-state index contributed by atoms with van der Waals surface area (Å²) in [6, 6.07) is 0. The Labute approximate surface area is 108 Å². The van der Waals surface area contributed by atoms with E-state index in [0.717, 1.165) is 32.1 Å². The van der Waals surface area contributed by atoms with E-state index in [9.17, 15) is 5.11 Å². The van der Waals surface area contributed by atoms with Gasteiger partial charge in [0.25, 0.3) is 0 Å². The Hall–Kier alpha value is -0.120. The second kappa shape index (κ2) is 15.9. The third kappa shape index (κ3) is 18.4. The molecule has 0 amide bonds. The van der Waals surface area contributed by atoms with Gasteiger partial charge in [0, 0.05) is 0 Å². The van der Waals surface area contributed by atoms with Crippen molar-refractivity contribution in [3.8, 4) is 0 Å². The second-order valence-corrected chi connectivity index (χ2v) is 4.53. The van der Waals surface area contributed by atoms with E-state index >= 15 is 0 Å². The summed E-state index contributed by atoms with van der Waals surface area (Å²) in [4.78, 5) is 0. The van der Waals surface area contributed by atoms with Crippen LogP contribution in [0.25, 0.3) is 0 Å². The van der Waals surface area contributed by atoms with Crippen LogP contribution in [0.1, 0.15) is 72.1 Å². The number of hydrogen-bond donors (Lipinski definition) is 3. The Morgan fingerprint density at radius 1 is 0.824 bits per heavy atom. The van der Waals surface area contributed by atoms with Gasteiger partial charge >= 0.3 is 0 Å². The molecule has 0 aromatic carbocycles. The van der Waals surface area contributed by atoms with Crippen molar-refractivity contribution in [2.24, 2.45) is 0 Å². The average Bonchev–Trinajstić information content (AvgIpc) is 2.31. The van der Waals surface area contributed by atoms with Crippen LogP contribution in [0.15, 0.2) is 0 Å². The molecule has 0 aliphatic carbocycles. The van der Waals surface area contributed by atoms with E-state index in [4.69, 9.17) is 5.11 Å². The van der Waals surface area contributed by atoms with Crippen LogP contribution >= 0.6 is 0 Å². The first-order chi connectivity index (χ1) is 8.12. The highest BCUT2D eigenvalue weighted by atomic mass is 16.3. The molecule has 0 bridgehead atoms. The molecule has 0 aliphatic heterocycles. The minimum Gasteiger partial charge on any atom is -0.393 e. The van der Waals surface area contributed by atoms with Gasteiger partial charge in [0.15, 0.2) is 0 Å². The van der Waals surface area contributed by atoms with Gasteiger partial charge in [-0.1, -0.05) is 52.9 Å². The summed E-state index contributed by atoms with van der Waals surface area (Å²) in [6.07, 6.45) is 8.33. The lowest BCUT2D eigenvalue weighted by atomic mass is 10.1. The molecular weight excluding hydrogens is 214 g/mol. The SMILES string of the molecule is CCCC(O)NC.CCCCCC(O)CCC. The van der Waals surface area contributed by atoms with Crippen molar-refractivity contribution in [2.45, 2.75) is 84.5 Å². The van der Waals surface area contributed by atoms with Crippen molar-refractivity contribution >= 4 is 0 Å². The molecule has 0 aromatic heterocycles. The molecule has 3 heteroatoms. The van der Waals surface area contributed by atoms with Gasteiger partial charge in [-0.3, -0.25) is 5.32 Å². The van der Waals surface area contributed by atoms with Crippen LogP contribution in [0.4, 0.5) is 0 Å². The molecule has 0 spiro atoms. The zero-order valence-corrected chi connectivity index (χ0v) is 12.2. The Bertz CT molecular complexity index is 131. The fraction of sp³-hybridized carbons (Fsp3) is 1.00. The first kappa shape index (κ1) is 19.2. The fourth-order valence-corrected chi connectivity index (χ4v) is 1.53. The topological polar surface area (TPSA) is 52.5 Å². The van der Waals surface area contributed by atoms with Gasteiger partial charge in [0.2, 0.25) is 0 Å². The summed E-state index contributed by atoms with van der Waals surface area (Å²) < 4.78 is 0. The molecular formula is C14H33NO2. The molecule has 2 unspecified atom stereocenters. The summed E-state index contributed by atoms with van der Waals surface area (Å²) in [5.74, 6) is 0. The third-order valence-electron chi connectivity index (χ3n) is 2.66. The Kier molecular flexibility index (Phi) is 18.0. The summed E-state index contributed by atoms with van der Waals surface area (Å²) in [7, 11) is 1.75. The van der Waals surface area contributed by atoms with Gasteiger partial charge in [0.05, 0.1) is 6.10 Å². The molecule has 0 heterocycles. The number of unbranched alkanes of at least 4 members (excludes halogenated alkanes) is 2. The number of aliphatic hydroxyl groups is 2. The zero-order valence-electron chi connectivity index (χ0n) is 12.2. The van der Waals surface area contributed by atoms with Crippen molar-refractivity contribution in [1.29, 1.82) is 0 Å². The Morgan fingerprint density at radius 2 is 1.41 bits per heavy atom. The highest BCUT2D eigenvalue weighted by Crippen LogP contribution is 2.07. The van der Waals surface area contributed by atoms with Crippen molar-refractivity contribution in [3.63, 3.8) is 0 Å². The molecule has 0 rings (SSSR count). The van der Waals surface area contributed by atoms with E-state index in [0.29, 0.717) is 0 Å². The smallest absolute Gasteiger partial charge is 0.104 e. The fourth-order valence-electron chi connectivity index (χ4n) is 1.53. The van der Waals surface area contributed by atoms with Crippen molar-refractivity contribution in [2.75, 3.05) is 7.05 Å². The van der Waals surface area contributed by atoms with E-state index in [1.807, 2.05) is 6.92 Å². The molecule has 0 saturated heterocycles. The van der Waals surface area contributed by atoms with E-state index in [1.54, 1.807) is 7.05 Å². The molecule has 0 radical (unpaired) electrons. The van der Waals surface area contributed by atoms with Gasteiger partial charge in [-0.15, -0.1) is 0 Å². The molecule has 0 saturated carbocycles. The largest absolute Gasteiger partial charge is 0.393 e. The number of nitrogens with one attached hydrogen (secondary N) is 1. The minimum atomic E-state index is -0.301. The Morgan fingerprint density at radius 3 is 1.76 bits per heavy atom. The first-order valence-corrected chi connectivity index (χ1v) is 7.15. The van der Waals surface area contributed by atoms with Gasteiger partial charge in [-0.2, -0.15) is 0 Å². The number of hydrogen-bond acceptors (Lipinski definition) is 3. The lowest BCUT2D eigenvalue weighted by Crippen LogP contribution is -2.23. The van der Waals surface area contributed by atoms with Gasteiger partial charge in [0.1, 0.15) is 6.23 Å². The molecule has 17 heavy (non-hydrogen) atoms. The summed E-state index contributed by atoms with van der Waals surface area (Å²) in [5, 5.41) is 20.7. The number of aliphatic hydroxyl groups excluding tert-OH is 2. The summed E-state index contributed by atoms with van der Waals surface area (Å²) in [5.41, 5.74) is 0. The minimum absolute atomic E-state index is 0.0310. The van der Waals surface area contributed by atoms with E-state index in [-0.39, 0.29) is 12.3 Å². The predicted octanol–water partition coefficient (Wildman–Crippen LogP) is 3.05. The van der Waals surface area contributed by atoms with Gasteiger partial charge < -0.3 is 10.2 Å². The highest BCUT2D eigenvalue weighted by Gasteiger charge is 2.00. The van der Waals surface area contributed by atoms with Crippen LogP contribution in [-0.4, -0.2) is 29.6 Å². The molecule has 0 fully saturated rings. The van der Waals surface area contributed by atoms with Crippen LogP contribution in [0.5, 0.6) is 0 Å². The van der Waals surface area contributed by atoms with Crippen LogP contribution < -0.4 is 5.32 Å². The quantitative estimate of drug-likeness (QED) is 0.433. The van der Waals surface area contributed by atoms with Gasteiger partial charge in [-0.05, 0) is 26.3 Å². The molecule has 0 aliphatic rings. The standard InChI is InChI=1S/C9H20O.C5H13NO/c1-3-5-6-8-9(10)7-4-2;1-3-4-5(7)6-2/h9-10H,3-8H2,1-2H3;5-7H,3-4H2,1-2H3. The summed E-state index contributed by atoms with van der Waals surface area (Å²) in [6.45, 7) is 6.34. The molecule has 0 aromatic rings. The zero-order chi connectivity index (χ0) is 13.5. The maximum absolute atomic E-state index is 9.28. The van der Waals surface area contributed by atoms with Crippen molar-refractivity contribution in [1.82, 2.24) is 5.32 Å². The summed E-state index contributed by atoms with van der Waals surface area (Å²) >= 11 is 0. The van der Waals surface area contributed by atoms with Crippen molar-refractivity contribution in [3.05, 3.63) is 0 Å². The van der Waals surface area contributed by atoms with Crippen LogP contribution in [0.2, 0.25) is 0 Å². The average molecular weight is 247 g/mol. The van der Waals surface area contributed by atoms with Crippen LogP contribution in [0, 0.1) is 0 Å². The maximum Gasteiger partial charge on any atom is 0.104 e. The van der Waals surface area contributed by atoms with E-state index in [2.05, 4.69) is 19.2 Å². The number of rotatable bonds is 9. The molecule has 2 atom stereocenters. The molecule has 3 nitrogen and oxygen atoms in total. The molecule has 106 valence electrons. The van der Waals surface area contributed by atoms with Crippen molar-refractivity contribution < 1.29 is 10.2 Å². The predicted molar refractivity (Wildman–Crippen MR) is 75.0 cm³/mol. The first-order valence-electron chi connectivity index (χ1n) is 7.15. The second-order valence-electron chi connectivity index (χ2n) is 4.53. The van der Waals surface area contributed by atoms with E-state index < -0.39 is 0 Å². The highest BCUT2D eigenvalue weighted by molar-refractivity contribution is 4.53. The van der Waals surface area contributed by atoms with Crippen LogP contribution in [-0.2, 0) is 0 Å². The lowest BCUT2D eigenvalue weighted by molar-refractivity contribution is 0.136. The maximum atomic E-state index is 9.28. The van der Waals surface area contributed by atoms with E-state index in [1.165, 1.54) is 19.3 Å². The van der Waals surface area contributed by atoms with Crippen LogP contribution in [0.3, 0.4) is 0 Å². The normalized spacial score (nSPS) is 13.8. The Balaban J connectivity index is 0. The lowest BCUT2D eigenvalue weighted by Gasteiger charge is -2.07. The third-order valence-corrected chi connectivity index (χ3v) is 2.66.